The molecule has 6 heteroatoms. The molecule has 0 amide bonds. The molecule has 0 N–H and O–H groups in total. The Labute approximate surface area is 257 Å². The van der Waals surface area contributed by atoms with Gasteiger partial charge in [0.25, 0.3) is 0 Å². The first-order chi connectivity index (χ1) is 20.4. The van der Waals surface area contributed by atoms with Crippen LogP contribution in [0.2, 0.25) is 0 Å². The van der Waals surface area contributed by atoms with E-state index in [9.17, 15) is 9.18 Å². The molecule has 3 aromatic rings. The van der Waals surface area contributed by atoms with Crippen LogP contribution in [0, 0.1) is 5.82 Å². The van der Waals surface area contributed by atoms with Crippen molar-refractivity contribution < 1.29 is 23.4 Å². The van der Waals surface area contributed by atoms with Gasteiger partial charge in [-0.3, -0.25) is 9.78 Å². The van der Waals surface area contributed by atoms with E-state index in [0.717, 1.165) is 46.1 Å². The maximum atomic E-state index is 13.8. The molecule has 1 saturated carbocycles. The maximum Gasteiger partial charge on any atom is 0.308 e. The number of benzene rings is 2. The Morgan fingerprint density at radius 3 is 2.28 bits per heavy atom. The lowest BCUT2D eigenvalue weighted by molar-refractivity contribution is -0.290. The number of aromatic nitrogens is 1. The first-order valence-corrected chi connectivity index (χ1v) is 15.8. The molecule has 5 rings (SSSR count). The van der Waals surface area contributed by atoms with E-state index in [2.05, 4.69) is 32.1 Å². The zero-order chi connectivity index (χ0) is 31.8. The lowest BCUT2D eigenvalue weighted by atomic mass is 9.92. The van der Waals surface area contributed by atoms with Crippen LogP contribution >= 0.6 is 0 Å². The third-order valence-electron chi connectivity index (χ3n) is 6.73. The van der Waals surface area contributed by atoms with Crippen LogP contribution in [0.3, 0.4) is 0 Å². The number of esters is 1. The number of carbonyl (C=O) groups is 1. The van der Waals surface area contributed by atoms with Crippen LogP contribution in [-0.2, 0) is 19.0 Å². The van der Waals surface area contributed by atoms with Crippen LogP contribution in [0.5, 0.6) is 0 Å². The second-order valence-corrected chi connectivity index (χ2v) is 12.5. The molecular formula is C37H50FNO4. The van der Waals surface area contributed by atoms with Crippen LogP contribution in [0.25, 0.3) is 28.1 Å². The van der Waals surface area contributed by atoms with Crippen LogP contribution in [0.15, 0.2) is 54.6 Å². The first kappa shape index (κ1) is 34.4. The molecule has 234 valence electrons. The fourth-order valence-corrected chi connectivity index (χ4v) is 5.17. The van der Waals surface area contributed by atoms with Crippen molar-refractivity contribution in [3.63, 3.8) is 0 Å². The van der Waals surface area contributed by atoms with Crippen molar-refractivity contribution in [3.05, 3.63) is 71.7 Å². The summed E-state index contributed by atoms with van der Waals surface area (Å²) < 4.78 is 31.7. The van der Waals surface area contributed by atoms with Crippen LogP contribution in [0.1, 0.15) is 112 Å². The van der Waals surface area contributed by atoms with E-state index in [1.54, 1.807) is 0 Å². The van der Waals surface area contributed by atoms with Crippen LogP contribution in [-0.4, -0.2) is 34.5 Å². The van der Waals surface area contributed by atoms with Gasteiger partial charge in [0, 0.05) is 28.9 Å². The summed E-state index contributed by atoms with van der Waals surface area (Å²) in [5.41, 5.74) is 4.49. The van der Waals surface area contributed by atoms with Gasteiger partial charge in [-0.1, -0.05) is 76.6 Å². The van der Waals surface area contributed by atoms with Crippen molar-refractivity contribution in [1.82, 2.24) is 4.98 Å². The number of pyridine rings is 1. The van der Waals surface area contributed by atoms with Gasteiger partial charge in [0.2, 0.25) is 0 Å². The summed E-state index contributed by atoms with van der Waals surface area (Å²) in [4.78, 5) is 17.6. The van der Waals surface area contributed by atoms with Gasteiger partial charge in [-0.25, -0.2) is 4.39 Å². The number of hydrogen-bond donors (Lipinski definition) is 0. The molecule has 1 aliphatic carbocycles. The van der Waals surface area contributed by atoms with Gasteiger partial charge < -0.3 is 14.2 Å². The van der Waals surface area contributed by atoms with Crippen molar-refractivity contribution in [3.8, 4) is 11.1 Å². The monoisotopic (exact) mass is 591 g/mol. The molecule has 5 nitrogen and oxygen atoms in total. The molecule has 43 heavy (non-hydrogen) atoms. The summed E-state index contributed by atoms with van der Waals surface area (Å²) in [6.07, 6.45) is 7.73. The lowest BCUT2D eigenvalue weighted by Gasteiger charge is -2.39. The van der Waals surface area contributed by atoms with Crippen molar-refractivity contribution in [2.24, 2.45) is 0 Å². The molecule has 0 unspecified atom stereocenters. The van der Waals surface area contributed by atoms with Crippen molar-refractivity contribution in [2.45, 2.75) is 124 Å². The third-order valence-corrected chi connectivity index (χ3v) is 6.73. The van der Waals surface area contributed by atoms with Gasteiger partial charge in [-0.15, -0.1) is 0 Å². The molecule has 2 fully saturated rings. The highest BCUT2D eigenvalue weighted by molar-refractivity contribution is 5.99. The molecule has 2 atom stereocenters. The van der Waals surface area contributed by atoms with Gasteiger partial charge in [0.1, 0.15) is 11.4 Å². The Hall–Kier alpha value is -3.09. The topological polar surface area (TPSA) is 57.7 Å². The van der Waals surface area contributed by atoms with Crippen molar-refractivity contribution >= 4 is 22.9 Å². The summed E-state index contributed by atoms with van der Waals surface area (Å²) in [6, 6.07) is 14.8. The van der Waals surface area contributed by atoms with E-state index < -0.39 is 11.4 Å². The maximum absolute atomic E-state index is 13.8. The summed E-state index contributed by atoms with van der Waals surface area (Å²) in [6.45, 7) is 17.6. The Kier molecular flexibility index (Phi) is 12.1. The number of fused-ring (bicyclic) bond motifs is 1. The lowest BCUT2D eigenvalue weighted by Crippen LogP contribution is -2.45. The Morgan fingerprint density at radius 2 is 1.67 bits per heavy atom. The van der Waals surface area contributed by atoms with E-state index in [4.69, 9.17) is 19.2 Å². The minimum absolute atomic E-state index is 0.167. The molecule has 1 aliphatic heterocycles. The molecule has 0 radical (unpaired) electrons. The smallest absolute Gasteiger partial charge is 0.308 e. The minimum Gasteiger partial charge on any atom is -0.460 e. The highest BCUT2D eigenvalue weighted by Crippen LogP contribution is 2.45. The van der Waals surface area contributed by atoms with Crippen LogP contribution in [0.4, 0.5) is 4.39 Å². The van der Waals surface area contributed by atoms with Gasteiger partial charge in [0.05, 0.1) is 29.8 Å². The standard InChI is InChI=1S/C32H36FNO4.C3H8.C2H6/c1-31(2,3)38-28(35)19-24-18-23(36-32(4,5)37-24)16-17-26-29(20-12-14-22(33)15-13-20)25-8-6-7-9-27(25)34-30(26)21-10-11-21;1-3-2;1-2/h6-9,12-17,21,23-24H,10-11,18-19H2,1-5H3;3H2,1-2H3;1-2H3/b17-16+;;/t23-,24-;;/m1../s1. The highest BCUT2D eigenvalue weighted by atomic mass is 19.1. The highest BCUT2D eigenvalue weighted by Gasteiger charge is 2.36. The summed E-state index contributed by atoms with van der Waals surface area (Å²) in [5.74, 6) is -0.983. The molecular weight excluding hydrogens is 541 g/mol. The van der Waals surface area contributed by atoms with Gasteiger partial charge in [-0.05, 0) is 71.2 Å². The molecule has 2 aliphatic rings. The number of rotatable bonds is 6. The molecule has 0 bridgehead atoms. The Bertz CT molecular complexity index is 1370. The number of hydrogen-bond acceptors (Lipinski definition) is 5. The van der Waals surface area contributed by atoms with Gasteiger partial charge in [0.15, 0.2) is 5.79 Å². The number of carbonyl (C=O) groups excluding carboxylic acids is 1. The average Bonchev–Trinajstić information content (AvgIpc) is 3.77. The second kappa shape index (κ2) is 15.1. The van der Waals surface area contributed by atoms with E-state index >= 15 is 0 Å². The quantitative estimate of drug-likeness (QED) is 0.267. The fraction of sp³-hybridized carbons (Fsp3) is 0.514. The molecule has 2 aromatic carbocycles. The van der Waals surface area contributed by atoms with E-state index in [-0.39, 0.29) is 30.4 Å². The number of ether oxygens (including phenoxy) is 3. The Morgan fingerprint density at radius 1 is 1.05 bits per heavy atom. The van der Waals surface area contributed by atoms with Crippen LogP contribution < -0.4 is 0 Å². The largest absolute Gasteiger partial charge is 0.460 e. The van der Waals surface area contributed by atoms with E-state index in [1.165, 1.54) is 18.6 Å². The van der Waals surface area contributed by atoms with Gasteiger partial charge in [-0.2, -0.15) is 0 Å². The third kappa shape index (κ3) is 9.97. The second-order valence-electron chi connectivity index (χ2n) is 12.5. The molecule has 1 aromatic heterocycles. The van der Waals surface area contributed by atoms with Crippen molar-refractivity contribution in [2.75, 3.05) is 0 Å². The minimum atomic E-state index is -0.847. The summed E-state index contributed by atoms with van der Waals surface area (Å²) in [7, 11) is 0. The van der Waals surface area contributed by atoms with E-state index in [0.29, 0.717) is 12.3 Å². The summed E-state index contributed by atoms with van der Waals surface area (Å²) in [5, 5.41) is 1.03. The predicted molar refractivity (Wildman–Crippen MR) is 174 cm³/mol. The molecule has 0 spiro atoms. The van der Waals surface area contributed by atoms with E-state index in [1.807, 2.05) is 78.8 Å². The molecule has 2 heterocycles. The average molecular weight is 592 g/mol. The number of nitrogens with zero attached hydrogens (tertiary/aromatic N) is 1. The number of halogens is 1. The van der Waals surface area contributed by atoms with Gasteiger partial charge >= 0.3 is 5.97 Å². The first-order valence-electron chi connectivity index (χ1n) is 15.8. The normalized spacial score (nSPS) is 19.7. The zero-order valence-corrected chi connectivity index (χ0v) is 27.5. The number of para-hydroxylation sites is 1. The summed E-state index contributed by atoms with van der Waals surface area (Å²) >= 11 is 0. The predicted octanol–water partition coefficient (Wildman–Crippen LogP) is 10.0. The van der Waals surface area contributed by atoms with Crippen molar-refractivity contribution in [1.29, 1.82) is 0 Å². The molecule has 1 saturated heterocycles. The Balaban J connectivity index is 0.000000953. The SMILES string of the molecule is CC.CC(C)(C)OC(=O)C[C@H]1C[C@@H](/C=C/c2c(C3CC3)nc3ccccc3c2-c2ccc(F)cc2)OC(C)(C)O1.CCC. The zero-order valence-electron chi connectivity index (χ0n) is 27.5. The fourth-order valence-electron chi connectivity index (χ4n) is 5.17.